The number of amides is 1. The van der Waals surface area contributed by atoms with Crippen molar-refractivity contribution in [2.24, 2.45) is 11.3 Å². The van der Waals surface area contributed by atoms with Crippen LogP contribution in [0, 0.1) is 17.2 Å². The minimum atomic E-state index is -0.610. The van der Waals surface area contributed by atoms with Crippen molar-refractivity contribution in [2.45, 2.75) is 59.5 Å². The molecule has 6 nitrogen and oxygen atoms in total. The lowest BCUT2D eigenvalue weighted by atomic mass is 9.69. The van der Waals surface area contributed by atoms with Crippen LogP contribution in [0.3, 0.4) is 0 Å². The Labute approximate surface area is 226 Å². The summed E-state index contributed by atoms with van der Waals surface area (Å²) in [5.74, 6) is 0.141. The first-order valence-corrected chi connectivity index (χ1v) is 14.0. The molecule has 1 aromatic heterocycles. The molecule has 2 N–H and O–H groups in total. The van der Waals surface area contributed by atoms with Gasteiger partial charge in [0.1, 0.15) is 17.0 Å². The van der Waals surface area contributed by atoms with E-state index in [9.17, 15) is 14.0 Å². The van der Waals surface area contributed by atoms with Gasteiger partial charge in [-0.25, -0.2) is 9.18 Å². The van der Waals surface area contributed by atoms with Crippen molar-refractivity contribution >= 4 is 28.2 Å². The van der Waals surface area contributed by atoms with Crippen molar-refractivity contribution in [3.63, 3.8) is 0 Å². The average molecular weight is 537 g/mol. The Kier molecular flexibility index (Phi) is 7.18. The molecular weight excluding hydrogens is 503 g/mol. The number of benzene rings is 2. The van der Waals surface area contributed by atoms with Crippen molar-refractivity contribution in [1.82, 2.24) is 5.32 Å². The molecule has 1 aliphatic carbocycles. The summed E-state index contributed by atoms with van der Waals surface area (Å²) in [6, 6.07) is 10.4. The molecule has 1 aliphatic heterocycles. The highest BCUT2D eigenvalue weighted by molar-refractivity contribution is 7.16. The van der Waals surface area contributed by atoms with E-state index in [1.807, 2.05) is 6.92 Å². The quantitative estimate of drug-likeness (QED) is 0.254. The van der Waals surface area contributed by atoms with Crippen LogP contribution in [-0.2, 0) is 12.8 Å². The van der Waals surface area contributed by atoms with E-state index >= 15 is 0 Å². The molecule has 0 saturated heterocycles. The van der Waals surface area contributed by atoms with Gasteiger partial charge in [-0.3, -0.25) is 4.79 Å². The van der Waals surface area contributed by atoms with Gasteiger partial charge in [-0.15, -0.1) is 11.3 Å². The summed E-state index contributed by atoms with van der Waals surface area (Å²) in [6.07, 6.45) is 3.73. The number of hydrogen-bond acceptors (Lipinski definition) is 6. The molecule has 2 aliphatic rings. The molecule has 1 amide bonds. The van der Waals surface area contributed by atoms with Crippen molar-refractivity contribution in [1.29, 1.82) is 0 Å². The number of carbonyl (C=O) groups excluding carboxylic acids is 2. The molecule has 0 spiro atoms. The first-order chi connectivity index (χ1) is 18.2. The fraction of sp³-hybridized carbons (Fsp3) is 0.400. The highest BCUT2D eigenvalue weighted by atomic mass is 32.1. The Balaban J connectivity index is 1.37. The molecule has 38 heavy (non-hydrogen) atoms. The number of thiophene rings is 1. The smallest absolute Gasteiger partial charge is 0.343 e. The number of halogens is 1. The number of anilines is 1. The normalized spacial score (nSPS) is 18.6. The van der Waals surface area contributed by atoms with E-state index < -0.39 is 18.0 Å². The largest absolute Gasteiger partial charge is 0.490 e. The number of fused-ring (bicyclic) bond motifs is 3. The van der Waals surface area contributed by atoms with Crippen LogP contribution in [-0.4, -0.2) is 18.5 Å². The number of carbonyl (C=O) groups is 2. The van der Waals surface area contributed by atoms with Gasteiger partial charge >= 0.3 is 5.97 Å². The van der Waals surface area contributed by atoms with Crippen molar-refractivity contribution < 1.29 is 23.5 Å². The monoisotopic (exact) mass is 536 g/mol. The van der Waals surface area contributed by atoms with E-state index in [2.05, 4.69) is 31.4 Å². The third-order valence-corrected chi connectivity index (χ3v) is 9.13. The van der Waals surface area contributed by atoms with E-state index in [-0.39, 0.29) is 22.6 Å². The molecular formula is C30H33FN2O4S. The van der Waals surface area contributed by atoms with Gasteiger partial charge in [-0.1, -0.05) is 33.3 Å². The first kappa shape index (κ1) is 26.2. The fourth-order valence-electron chi connectivity index (χ4n) is 5.22. The molecule has 2 heterocycles. The summed E-state index contributed by atoms with van der Waals surface area (Å²) in [6.45, 7) is 9.14. The highest BCUT2D eigenvalue weighted by Crippen LogP contribution is 2.47. The van der Waals surface area contributed by atoms with E-state index in [0.29, 0.717) is 18.3 Å². The maximum Gasteiger partial charge on any atom is 0.343 e. The van der Waals surface area contributed by atoms with Crippen LogP contribution >= 0.6 is 11.3 Å². The van der Waals surface area contributed by atoms with Crippen LogP contribution < -0.4 is 20.1 Å². The third-order valence-electron chi connectivity index (χ3n) is 7.94. The second kappa shape index (κ2) is 10.4. The second-order valence-corrected chi connectivity index (χ2v) is 11.7. The highest BCUT2D eigenvalue weighted by Gasteiger charge is 2.37. The zero-order chi connectivity index (χ0) is 27.0. The van der Waals surface area contributed by atoms with Gasteiger partial charge in [0.05, 0.1) is 17.7 Å². The molecule has 0 bridgehead atoms. The maximum atomic E-state index is 13.3. The summed E-state index contributed by atoms with van der Waals surface area (Å²) in [4.78, 5) is 27.2. The van der Waals surface area contributed by atoms with Crippen molar-refractivity contribution in [2.75, 3.05) is 11.9 Å². The average Bonchev–Trinajstić information content (AvgIpc) is 3.28. The molecule has 0 fully saturated rings. The van der Waals surface area contributed by atoms with Crippen LogP contribution in [0.15, 0.2) is 42.5 Å². The Morgan fingerprint density at radius 1 is 1.11 bits per heavy atom. The molecule has 8 heteroatoms. The summed E-state index contributed by atoms with van der Waals surface area (Å²) >= 11 is 1.70. The molecule has 0 saturated carbocycles. The summed E-state index contributed by atoms with van der Waals surface area (Å²) < 4.78 is 24.5. The number of ether oxygens (including phenoxy) is 2. The Hall–Kier alpha value is -3.39. The van der Waals surface area contributed by atoms with Crippen LogP contribution in [0.25, 0.3) is 0 Å². The van der Waals surface area contributed by atoms with Gasteiger partial charge in [0, 0.05) is 4.88 Å². The van der Waals surface area contributed by atoms with Crippen LogP contribution in [0.2, 0.25) is 0 Å². The van der Waals surface area contributed by atoms with Gasteiger partial charge in [-0.05, 0) is 85.0 Å². The van der Waals surface area contributed by atoms with E-state index in [1.165, 1.54) is 34.7 Å². The van der Waals surface area contributed by atoms with Crippen LogP contribution in [0.5, 0.6) is 11.5 Å². The minimum Gasteiger partial charge on any atom is -0.490 e. The third kappa shape index (κ3) is 5.01. The molecule has 0 unspecified atom stereocenters. The number of rotatable bonds is 7. The minimum absolute atomic E-state index is 0.0702. The van der Waals surface area contributed by atoms with Crippen LogP contribution in [0.4, 0.5) is 9.39 Å². The zero-order valence-electron chi connectivity index (χ0n) is 22.2. The van der Waals surface area contributed by atoms with Gasteiger partial charge in [0.25, 0.3) is 5.91 Å². The number of nitrogens with one attached hydrogen (secondary N) is 2. The Bertz CT molecular complexity index is 1370. The lowest BCUT2D eigenvalue weighted by Gasteiger charge is -2.36. The topological polar surface area (TPSA) is 76.7 Å². The lowest BCUT2D eigenvalue weighted by Crippen LogP contribution is -2.38. The summed E-state index contributed by atoms with van der Waals surface area (Å²) in [5, 5.41) is 7.52. The van der Waals surface area contributed by atoms with Gasteiger partial charge in [0.2, 0.25) is 0 Å². The zero-order valence-corrected chi connectivity index (χ0v) is 23.0. The van der Waals surface area contributed by atoms with Gasteiger partial charge < -0.3 is 20.1 Å². The molecule has 2 atom stereocenters. The van der Waals surface area contributed by atoms with Crippen LogP contribution in [0.1, 0.15) is 83.4 Å². The van der Waals surface area contributed by atoms with Crippen molar-refractivity contribution in [3.05, 3.63) is 75.4 Å². The Morgan fingerprint density at radius 2 is 1.87 bits per heavy atom. The van der Waals surface area contributed by atoms with E-state index in [0.717, 1.165) is 41.8 Å². The lowest BCUT2D eigenvalue weighted by molar-refractivity contribution is 0.0728. The first-order valence-electron chi connectivity index (χ1n) is 13.2. The molecule has 2 aromatic carbocycles. The summed E-state index contributed by atoms with van der Waals surface area (Å²) in [7, 11) is 0. The van der Waals surface area contributed by atoms with E-state index in [4.69, 9.17) is 9.47 Å². The standard InChI is InChI=1S/C30H33FN2O4S/c1-5-30(3,4)19-10-13-21-24(16-19)38-28-25(21)27(34)32-26(33-28)18-9-14-22(23(15-18)36-6-2)37-29(35)17-7-11-20(31)12-8-17/h7-9,11-12,14-15,19,26,33H,5-6,10,13,16H2,1-4H3,(H,32,34)/t19-,26+/m0/s1. The van der Waals surface area contributed by atoms with E-state index in [1.54, 1.807) is 29.5 Å². The van der Waals surface area contributed by atoms with Crippen molar-refractivity contribution in [3.8, 4) is 11.5 Å². The maximum absolute atomic E-state index is 13.3. The number of esters is 1. The fourth-order valence-corrected chi connectivity index (χ4v) is 6.58. The SMILES string of the molecule is CCOc1cc([C@@H]2NC(=O)c3c(sc4c3CC[C@H](C(C)(C)CC)C4)N2)ccc1OC(=O)c1ccc(F)cc1. The Morgan fingerprint density at radius 3 is 2.58 bits per heavy atom. The molecule has 0 radical (unpaired) electrons. The van der Waals surface area contributed by atoms with Gasteiger partial charge in [0.15, 0.2) is 11.5 Å². The molecule has 3 aromatic rings. The predicted octanol–water partition coefficient (Wildman–Crippen LogP) is 6.90. The molecule has 5 rings (SSSR count). The summed E-state index contributed by atoms with van der Waals surface area (Å²) in [5.41, 5.74) is 3.26. The van der Waals surface area contributed by atoms with Gasteiger partial charge in [-0.2, -0.15) is 0 Å². The second-order valence-electron chi connectivity index (χ2n) is 10.6. The molecule has 200 valence electrons. The predicted molar refractivity (Wildman–Crippen MR) is 147 cm³/mol. The number of hydrogen-bond donors (Lipinski definition) is 2.